The predicted octanol–water partition coefficient (Wildman–Crippen LogP) is 2.03. The Labute approximate surface area is 147 Å². The highest BCUT2D eigenvalue weighted by Crippen LogP contribution is 2.25. The van der Waals surface area contributed by atoms with E-state index in [4.69, 9.17) is 10.1 Å². The number of rotatable bonds is 4. The number of hydrogen-bond donors (Lipinski definition) is 1. The summed E-state index contributed by atoms with van der Waals surface area (Å²) in [6.07, 6.45) is 8.69. The maximum atomic E-state index is 11.0. The van der Waals surface area contributed by atoms with Crippen LogP contribution in [0.25, 0.3) is 0 Å². The lowest BCUT2D eigenvalue weighted by Crippen LogP contribution is -2.37. The molecular formula is C18H25N5O2. The number of carboxylic acids is 1. The Morgan fingerprint density at radius 1 is 1.32 bits per heavy atom. The molecule has 0 bridgehead atoms. The van der Waals surface area contributed by atoms with E-state index in [0.717, 1.165) is 51.1 Å². The third kappa shape index (κ3) is 3.20. The van der Waals surface area contributed by atoms with Crippen LogP contribution in [-0.2, 0) is 26.4 Å². The maximum Gasteiger partial charge on any atom is 0.356 e. The van der Waals surface area contributed by atoms with Crippen molar-refractivity contribution in [2.45, 2.75) is 51.1 Å². The largest absolute Gasteiger partial charge is 0.476 e. The molecule has 1 fully saturated rings. The number of nitrogens with zero attached hydrogens (tertiary/aromatic N) is 5. The lowest BCUT2D eigenvalue weighted by atomic mass is 10.0. The second kappa shape index (κ2) is 6.63. The highest BCUT2D eigenvalue weighted by atomic mass is 16.4. The van der Waals surface area contributed by atoms with Crippen LogP contribution >= 0.6 is 0 Å². The van der Waals surface area contributed by atoms with E-state index in [1.807, 2.05) is 4.68 Å². The molecule has 2 aromatic heterocycles. The van der Waals surface area contributed by atoms with Crippen molar-refractivity contribution in [2.24, 2.45) is 7.05 Å². The smallest absolute Gasteiger partial charge is 0.356 e. The summed E-state index contributed by atoms with van der Waals surface area (Å²) in [4.78, 5) is 18.4. The van der Waals surface area contributed by atoms with Crippen LogP contribution in [0.15, 0.2) is 12.3 Å². The molecule has 1 unspecified atom stereocenters. The van der Waals surface area contributed by atoms with E-state index in [-0.39, 0.29) is 11.7 Å². The molecule has 7 nitrogen and oxygen atoms in total. The minimum absolute atomic E-state index is 0.119. The molecule has 1 saturated heterocycles. The van der Waals surface area contributed by atoms with Crippen molar-refractivity contribution >= 4 is 5.97 Å². The van der Waals surface area contributed by atoms with Gasteiger partial charge < -0.3 is 9.67 Å². The van der Waals surface area contributed by atoms with Gasteiger partial charge in [-0.2, -0.15) is 5.10 Å². The van der Waals surface area contributed by atoms with Crippen molar-refractivity contribution in [1.29, 1.82) is 0 Å². The Morgan fingerprint density at radius 3 is 2.92 bits per heavy atom. The summed E-state index contributed by atoms with van der Waals surface area (Å²) in [5.74, 6) is 0.184. The predicted molar refractivity (Wildman–Crippen MR) is 92.6 cm³/mol. The maximum absolute atomic E-state index is 11.0. The first-order valence-electron chi connectivity index (χ1n) is 9.16. The second-order valence-electron chi connectivity index (χ2n) is 7.20. The summed E-state index contributed by atoms with van der Waals surface area (Å²) in [5, 5.41) is 13.3. The van der Waals surface area contributed by atoms with Crippen LogP contribution in [0, 0.1) is 0 Å². The molecule has 3 heterocycles. The van der Waals surface area contributed by atoms with Gasteiger partial charge in [-0.3, -0.25) is 9.58 Å². The third-order valence-corrected chi connectivity index (χ3v) is 5.51. The molecule has 0 amide bonds. The summed E-state index contributed by atoms with van der Waals surface area (Å²) in [5.41, 5.74) is 2.82. The van der Waals surface area contributed by atoms with Crippen molar-refractivity contribution in [3.8, 4) is 0 Å². The highest BCUT2D eigenvalue weighted by Gasteiger charge is 2.25. The Kier molecular flexibility index (Phi) is 4.33. The van der Waals surface area contributed by atoms with Gasteiger partial charge in [0.15, 0.2) is 5.69 Å². The van der Waals surface area contributed by atoms with E-state index in [1.165, 1.54) is 24.2 Å². The fourth-order valence-electron chi connectivity index (χ4n) is 4.13. The van der Waals surface area contributed by atoms with E-state index >= 15 is 0 Å². The number of imidazole rings is 1. The zero-order valence-electron chi connectivity index (χ0n) is 14.7. The Morgan fingerprint density at radius 2 is 2.16 bits per heavy atom. The molecule has 1 aliphatic heterocycles. The molecule has 7 heteroatoms. The Balaban J connectivity index is 1.46. The van der Waals surface area contributed by atoms with Crippen LogP contribution < -0.4 is 0 Å². The minimum atomic E-state index is -0.968. The first kappa shape index (κ1) is 16.3. The van der Waals surface area contributed by atoms with Gasteiger partial charge in [0, 0.05) is 25.5 Å². The average molecular weight is 343 g/mol. The van der Waals surface area contributed by atoms with Gasteiger partial charge in [-0.15, -0.1) is 0 Å². The number of aromatic nitrogens is 4. The number of carboxylic acid groups (broad SMARTS) is 1. The normalized spacial score (nSPS) is 21.2. The van der Waals surface area contributed by atoms with E-state index in [2.05, 4.69) is 21.6 Å². The number of fused-ring (bicyclic) bond motifs is 1. The molecule has 1 atom stereocenters. The standard InChI is InChI=1S/C18H25N5O2/c1-21-16-7-3-2-6-14(16)19-17(21)12-22-9-4-5-13(11-22)23-10-8-15(20-23)18(24)25/h8,10,13H,2-7,9,11-12H2,1H3,(H,24,25). The Bertz CT molecular complexity index is 779. The van der Waals surface area contributed by atoms with Crippen molar-refractivity contribution in [3.63, 3.8) is 0 Å². The van der Waals surface area contributed by atoms with E-state index in [1.54, 1.807) is 12.3 Å². The molecule has 0 saturated carbocycles. The monoisotopic (exact) mass is 343 g/mol. The molecule has 1 N–H and O–H groups in total. The first-order valence-corrected chi connectivity index (χ1v) is 9.16. The molecule has 2 aromatic rings. The van der Waals surface area contributed by atoms with Gasteiger partial charge >= 0.3 is 5.97 Å². The van der Waals surface area contributed by atoms with Crippen molar-refractivity contribution in [2.75, 3.05) is 13.1 Å². The summed E-state index contributed by atoms with van der Waals surface area (Å²) >= 11 is 0. The van der Waals surface area contributed by atoms with Crippen LogP contribution in [0.5, 0.6) is 0 Å². The zero-order valence-corrected chi connectivity index (χ0v) is 14.7. The van der Waals surface area contributed by atoms with Gasteiger partial charge in [0.05, 0.1) is 18.3 Å². The topological polar surface area (TPSA) is 76.2 Å². The molecule has 134 valence electrons. The summed E-state index contributed by atoms with van der Waals surface area (Å²) in [6, 6.07) is 1.81. The number of aromatic carboxylic acids is 1. The van der Waals surface area contributed by atoms with Crippen molar-refractivity contribution < 1.29 is 9.90 Å². The van der Waals surface area contributed by atoms with Crippen LogP contribution in [-0.4, -0.2) is 48.4 Å². The number of hydrogen-bond acceptors (Lipinski definition) is 4. The zero-order chi connectivity index (χ0) is 17.4. The molecule has 0 spiro atoms. The second-order valence-corrected chi connectivity index (χ2v) is 7.20. The molecule has 2 aliphatic rings. The van der Waals surface area contributed by atoms with E-state index < -0.39 is 5.97 Å². The quantitative estimate of drug-likeness (QED) is 0.919. The first-order chi connectivity index (χ1) is 12.1. The van der Waals surface area contributed by atoms with Crippen LogP contribution in [0.4, 0.5) is 0 Å². The van der Waals surface area contributed by atoms with Crippen molar-refractivity contribution in [3.05, 3.63) is 35.2 Å². The van der Waals surface area contributed by atoms with Crippen LogP contribution in [0.1, 0.15) is 59.4 Å². The Hall–Kier alpha value is -2.15. The van der Waals surface area contributed by atoms with Gasteiger partial charge in [-0.05, 0) is 51.1 Å². The summed E-state index contributed by atoms with van der Waals surface area (Å²) in [6.45, 7) is 2.80. The van der Waals surface area contributed by atoms with Gasteiger partial charge in [-0.1, -0.05) is 0 Å². The molecule has 0 radical (unpaired) electrons. The molecular weight excluding hydrogens is 318 g/mol. The molecule has 4 rings (SSSR count). The fourth-order valence-corrected chi connectivity index (χ4v) is 4.13. The lowest BCUT2D eigenvalue weighted by molar-refractivity contribution is 0.0688. The average Bonchev–Trinajstić information content (AvgIpc) is 3.22. The fraction of sp³-hybridized carbons (Fsp3) is 0.611. The van der Waals surface area contributed by atoms with Gasteiger partial charge in [0.25, 0.3) is 0 Å². The van der Waals surface area contributed by atoms with Gasteiger partial charge in [-0.25, -0.2) is 9.78 Å². The highest BCUT2D eigenvalue weighted by molar-refractivity contribution is 5.85. The number of likely N-dealkylation sites (tertiary alicyclic amines) is 1. The molecule has 1 aliphatic carbocycles. The van der Waals surface area contributed by atoms with Gasteiger partial charge in [0.1, 0.15) is 5.82 Å². The van der Waals surface area contributed by atoms with Crippen LogP contribution in [0.2, 0.25) is 0 Å². The number of piperidine rings is 1. The van der Waals surface area contributed by atoms with E-state index in [0.29, 0.717) is 0 Å². The van der Waals surface area contributed by atoms with Gasteiger partial charge in [0.2, 0.25) is 0 Å². The van der Waals surface area contributed by atoms with Crippen LogP contribution in [0.3, 0.4) is 0 Å². The number of aryl methyl sites for hydroxylation is 1. The summed E-state index contributed by atoms with van der Waals surface area (Å²) in [7, 11) is 2.14. The van der Waals surface area contributed by atoms with E-state index in [9.17, 15) is 4.79 Å². The third-order valence-electron chi connectivity index (χ3n) is 5.51. The molecule has 25 heavy (non-hydrogen) atoms. The number of carbonyl (C=O) groups is 1. The minimum Gasteiger partial charge on any atom is -0.476 e. The molecule has 0 aromatic carbocycles. The van der Waals surface area contributed by atoms with Crippen molar-refractivity contribution in [1.82, 2.24) is 24.2 Å². The lowest BCUT2D eigenvalue weighted by Gasteiger charge is -2.32. The SMILES string of the molecule is Cn1c(CN2CCCC(n3ccc(C(=O)O)n3)C2)nc2c1CCCC2. The summed E-state index contributed by atoms with van der Waals surface area (Å²) < 4.78 is 4.10.